The van der Waals surface area contributed by atoms with Crippen molar-refractivity contribution in [3.8, 4) is 0 Å². The number of ketones is 1. The average Bonchev–Trinajstić information content (AvgIpc) is 2.25. The zero-order valence-corrected chi connectivity index (χ0v) is 10.0. The molecule has 0 unspecified atom stereocenters. The third-order valence-electron chi connectivity index (χ3n) is 2.33. The van der Waals surface area contributed by atoms with Crippen molar-refractivity contribution in [3.05, 3.63) is 48.0 Å². The van der Waals surface area contributed by atoms with Gasteiger partial charge in [0, 0.05) is 13.1 Å². The molecule has 0 radical (unpaired) electrons. The molecule has 0 atom stereocenters. The highest BCUT2D eigenvalue weighted by atomic mass is 16.1. The molecular formula is C14H19NO. The second-order valence-corrected chi connectivity index (χ2v) is 4.03. The first-order valence-electron chi connectivity index (χ1n) is 5.58. The van der Waals surface area contributed by atoms with E-state index in [9.17, 15) is 4.79 Å². The van der Waals surface area contributed by atoms with Crippen LogP contribution in [0.5, 0.6) is 0 Å². The summed E-state index contributed by atoms with van der Waals surface area (Å²) < 4.78 is 0. The molecule has 1 aromatic carbocycles. The lowest BCUT2D eigenvalue weighted by Crippen LogP contribution is -2.18. The van der Waals surface area contributed by atoms with Crippen LogP contribution in [0.25, 0.3) is 0 Å². The first-order valence-corrected chi connectivity index (χ1v) is 5.58. The SMILES string of the molecule is CC(=O)/C=C/CCN(C)Cc1ccccc1. The Balaban J connectivity index is 2.26. The topological polar surface area (TPSA) is 20.3 Å². The van der Waals surface area contributed by atoms with Crippen molar-refractivity contribution in [2.24, 2.45) is 0 Å². The molecule has 0 fully saturated rings. The lowest BCUT2D eigenvalue weighted by molar-refractivity contribution is -0.112. The largest absolute Gasteiger partial charge is 0.302 e. The standard InChI is InChI=1S/C14H19NO/c1-13(16)8-6-7-11-15(2)12-14-9-4-3-5-10-14/h3-6,8-10H,7,11-12H2,1-2H3/b8-6+. The van der Waals surface area contributed by atoms with E-state index in [0.29, 0.717) is 0 Å². The molecule has 0 aliphatic heterocycles. The number of carbonyl (C=O) groups is 1. The summed E-state index contributed by atoms with van der Waals surface area (Å²) in [7, 11) is 2.09. The smallest absolute Gasteiger partial charge is 0.152 e. The van der Waals surface area contributed by atoms with Gasteiger partial charge in [-0.15, -0.1) is 0 Å². The van der Waals surface area contributed by atoms with Crippen LogP contribution in [0.2, 0.25) is 0 Å². The predicted molar refractivity (Wildman–Crippen MR) is 67.2 cm³/mol. The van der Waals surface area contributed by atoms with E-state index < -0.39 is 0 Å². The normalized spacial score (nSPS) is 11.2. The van der Waals surface area contributed by atoms with Crippen LogP contribution in [0.3, 0.4) is 0 Å². The Morgan fingerprint density at radius 1 is 1.31 bits per heavy atom. The van der Waals surface area contributed by atoms with Crippen molar-refractivity contribution in [1.82, 2.24) is 4.90 Å². The van der Waals surface area contributed by atoms with Crippen LogP contribution in [-0.4, -0.2) is 24.3 Å². The summed E-state index contributed by atoms with van der Waals surface area (Å²) in [6.45, 7) is 3.50. The maximum absolute atomic E-state index is 10.7. The highest BCUT2D eigenvalue weighted by Crippen LogP contribution is 2.02. The molecule has 0 amide bonds. The highest BCUT2D eigenvalue weighted by molar-refractivity contribution is 5.87. The Kier molecular flexibility index (Phi) is 5.51. The summed E-state index contributed by atoms with van der Waals surface area (Å²) in [5.41, 5.74) is 1.32. The molecule has 2 heteroatoms. The minimum atomic E-state index is 0.116. The van der Waals surface area contributed by atoms with E-state index in [1.165, 1.54) is 5.56 Å². The Labute approximate surface area is 97.6 Å². The Morgan fingerprint density at radius 2 is 2.00 bits per heavy atom. The zero-order chi connectivity index (χ0) is 11.8. The fourth-order valence-electron chi connectivity index (χ4n) is 1.52. The molecule has 0 aromatic heterocycles. The summed E-state index contributed by atoms with van der Waals surface area (Å²) in [6.07, 6.45) is 4.49. The van der Waals surface area contributed by atoms with Crippen molar-refractivity contribution in [3.63, 3.8) is 0 Å². The van der Waals surface area contributed by atoms with Gasteiger partial charge >= 0.3 is 0 Å². The summed E-state index contributed by atoms with van der Waals surface area (Å²) in [4.78, 5) is 12.9. The van der Waals surface area contributed by atoms with Gasteiger partial charge in [-0.3, -0.25) is 4.79 Å². The van der Waals surface area contributed by atoms with Crippen molar-refractivity contribution in [2.75, 3.05) is 13.6 Å². The van der Waals surface area contributed by atoms with E-state index in [1.807, 2.05) is 12.1 Å². The summed E-state index contributed by atoms with van der Waals surface area (Å²) in [5, 5.41) is 0. The predicted octanol–water partition coefficient (Wildman–Crippen LogP) is 2.65. The van der Waals surface area contributed by atoms with Crippen LogP contribution in [0.4, 0.5) is 0 Å². The first-order chi connectivity index (χ1) is 7.68. The van der Waals surface area contributed by atoms with E-state index in [2.05, 4.69) is 36.2 Å². The highest BCUT2D eigenvalue weighted by Gasteiger charge is 1.97. The third-order valence-corrected chi connectivity index (χ3v) is 2.33. The molecule has 0 heterocycles. The van der Waals surface area contributed by atoms with Crippen molar-refractivity contribution in [1.29, 1.82) is 0 Å². The minimum absolute atomic E-state index is 0.116. The number of hydrogen-bond acceptors (Lipinski definition) is 2. The molecule has 1 aromatic rings. The van der Waals surface area contributed by atoms with Crippen LogP contribution in [0.1, 0.15) is 18.9 Å². The molecule has 16 heavy (non-hydrogen) atoms. The molecule has 0 bridgehead atoms. The van der Waals surface area contributed by atoms with Crippen molar-refractivity contribution >= 4 is 5.78 Å². The van der Waals surface area contributed by atoms with Crippen LogP contribution in [0, 0.1) is 0 Å². The quantitative estimate of drug-likeness (QED) is 0.683. The molecule has 0 saturated carbocycles. The Morgan fingerprint density at radius 3 is 2.62 bits per heavy atom. The molecular weight excluding hydrogens is 198 g/mol. The number of hydrogen-bond donors (Lipinski definition) is 0. The monoisotopic (exact) mass is 217 g/mol. The van der Waals surface area contributed by atoms with Gasteiger partial charge in [-0.25, -0.2) is 0 Å². The molecule has 1 rings (SSSR count). The molecule has 0 aliphatic rings. The van der Waals surface area contributed by atoms with Gasteiger partial charge in [-0.1, -0.05) is 36.4 Å². The Bertz CT molecular complexity index is 343. The van der Waals surface area contributed by atoms with Crippen LogP contribution >= 0.6 is 0 Å². The van der Waals surface area contributed by atoms with Gasteiger partial charge in [0.15, 0.2) is 5.78 Å². The van der Waals surface area contributed by atoms with Crippen LogP contribution in [-0.2, 0) is 11.3 Å². The second kappa shape index (κ2) is 6.96. The van der Waals surface area contributed by atoms with Crippen LogP contribution in [0.15, 0.2) is 42.5 Å². The van der Waals surface area contributed by atoms with Gasteiger partial charge in [0.05, 0.1) is 0 Å². The fourth-order valence-corrected chi connectivity index (χ4v) is 1.52. The maximum atomic E-state index is 10.7. The third kappa shape index (κ3) is 5.47. The summed E-state index contributed by atoms with van der Waals surface area (Å²) >= 11 is 0. The summed E-state index contributed by atoms with van der Waals surface area (Å²) in [5.74, 6) is 0.116. The van der Waals surface area contributed by atoms with Crippen molar-refractivity contribution in [2.45, 2.75) is 19.9 Å². The van der Waals surface area contributed by atoms with Gasteiger partial charge < -0.3 is 4.90 Å². The van der Waals surface area contributed by atoms with Crippen LogP contribution < -0.4 is 0 Å². The zero-order valence-electron chi connectivity index (χ0n) is 10.0. The summed E-state index contributed by atoms with van der Waals surface area (Å²) in [6, 6.07) is 10.4. The van der Waals surface area contributed by atoms with E-state index in [-0.39, 0.29) is 5.78 Å². The average molecular weight is 217 g/mol. The van der Waals surface area contributed by atoms with E-state index in [4.69, 9.17) is 0 Å². The van der Waals surface area contributed by atoms with Crippen molar-refractivity contribution < 1.29 is 4.79 Å². The van der Waals surface area contributed by atoms with E-state index in [0.717, 1.165) is 19.5 Å². The molecule has 0 saturated heterocycles. The maximum Gasteiger partial charge on any atom is 0.152 e. The number of rotatable bonds is 6. The van der Waals surface area contributed by atoms with E-state index in [1.54, 1.807) is 13.0 Å². The lowest BCUT2D eigenvalue weighted by atomic mass is 10.2. The Hall–Kier alpha value is -1.41. The molecule has 0 spiro atoms. The van der Waals surface area contributed by atoms with E-state index >= 15 is 0 Å². The van der Waals surface area contributed by atoms with Gasteiger partial charge in [-0.2, -0.15) is 0 Å². The van der Waals surface area contributed by atoms with Gasteiger partial charge in [0.1, 0.15) is 0 Å². The number of nitrogens with zero attached hydrogens (tertiary/aromatic N) is 1. The second-order valence-electron chi connectivity index (χ2n) is 4.03. The van der Waals surface area contributed by atoms with Gasteiger partial charge in [0.25, 0.3) is 0 Å². The molecule has 2 nitrogen and oxygen atoms in total. The molecule has 0 aliphatic carbocycles. The van der Waals surface area contributed by atoms with Gasteiger partial charge in [-0.05, 0) is 32.0 Å². The van der Waals surface area contributed by atoms with Gasteiger partial charge in [0.2, 0.25) is 0 Å². The minimum Gasteiger partial charge on any atom is -0.302 e. The number of benzene rings is 1. The number of carbonyl (C=O) groups excluding carboxylic acids is 1. The molecule has 0 N–H and O–H groups in total. The molecule has 86 valence electrons. The number of allylic oxidation sites excluding steroid dienone is 1. The lowest BCUT2D eigenvalue weighted by Gasteiger charge is -2.15. The first kappa shape index (κ1) is 12.7. The fraction of sp³-hybridized carbons (Fsp3) is 0.357.